The van der Waals surface area contributed by atoms with Crippen LogP contribution in [0.3, 0.4) is 0 Å². The van der Waals surface area contributed by atoms with Crippen molar-refractivity contribution in [3.05, 3.63) is 0 Å². The van der Waals surface area contributed by atoms with Gasteiger partial charge in [0.25, 0.3) is 0 Å². The highest BCUT2D eigenvalue weighted by atomic mass is 16.4. The summed E-state index contributed by atoms with van der Waals surface area (Å²) in [6, 6.07) is -3.03. The molecule has 3 aliphatic rings. The van der Waals surface area contributed by atoms with E-state index in [1.54, 1.807) is 0 Å². The SMILES string of the molecule is NC(=O)C1C(O)C(O)N(c2nc(N3C(O)C(O)N(C(N)=O)C(O)C3O)nc(N3C(O)C(O)N(C(N)=O)C(O)C3O)n2)C(O)C1O. The molecule has 1 aromatic heterocycles. The van der Waals surface area contributed by atoms with E-state index in [0.29, 0.717) is 0 Å². The number of urea groups is 2. The summed E-state index contributed by atoms with van der Waals surface area (Å²) < 4.78 is 0. The van der Waals surface area contributed by atoms with Crippen molar-refractivity contribution in [3.8, 4) is 0 Å². The monoisotopic (exact) mass is 653 g/mol. The number of primary amides is 3. The molecule has 0 spiro atoms. The molecule has 3 aliphatic heterocycles. The van der Waals surface area contributed by atoms with Crippen molar-refractivity contribution >= 4 is 35.8 Å². The highest BCUT2D eigenvalue weighted by molar-refractivity contribution is 5.78. The van der Waals surface area contributed by atoms with Crippen LogP contribution < -0.4 is 31.9 Å². The maximum atomic E-state index is 11.8. The number of nitrogens with zero attached hydrogens (tertiary/aromatic N) is 8. The molecule has 0 aromatic carbocycles. The van der Waals surface area contributed by atoms with Crippen LogP contribution >= 0.6 is 0 Å². The molecule has 12 atom stereocenters. The summed E-state index contributed by atoms with van der Waals surface area (Å²) in [6.07, 6.45) is -28.7. The molecule has 26 heteroatoms. The second-order valence-electron chi connectivity index (χ2n) is 9.99. The van der Waals surface area contributed by atoms with Crippen LogP contribution in [0.4, 0.5) is 27.4 Å². The third-order valence-corrected chi connectivity index (χ3v) is 7.39. The Labute approximate surface area is 249 Å². The first-order valence-electron chi connectivity index (χ1n) is 12.6. The van der Waals surface area contributed by atoms with Crippen molar-refractivity contribution in [1.82, 2.24) is 24.8 Å². The van der Waals surface area contributed by atoms with Crippen LogP contribution in [0.5, 0.6) is 0 Å². The number of anilines is 3. The van der Waals surface area contributed by atoms with Crippen LogP contribution in [-0.4, -0.2) is 178 Å². The molecule has 0 bridgehead atoms. The number of aliphatic hydroxyl groups excluding tert-OH is 12. The number of hydrogen-bond donors (Lipinski definition) is 15. The number of piperidine rings is 1. The van der Waals surface area contributed by atoms with E-state index in [4.69, 9.17) is 17.2 Å². The first-order chi connectivity index (χ1) is 20.8. The minimum absolute atomic E-state index is 0.0486. The molecular formula is C19H31N11O15. The lowest BCUT2D eigenvalue weighted by Gasteiger charge is -2.49. The van der Waals surface area contributed by atoms with Gasteiger partial charge in [0.1, 0.15) is 12.2 Å². The van der Waals surface area contributed by atoms with E-state index >= 15 is 0 Å². The molecule has 12 unspecified atom stereocenters. The van der Waals surface area contributed by atoms with Gasteiger partial charge in [0.15, 0.2) is 62.3 Å². The zero-order valence-electron chi connectivity index (χ0n) is 22.4. The smallest absolute Gasteiger partial charge is 0.319 e. The summed E-state index contributed by atoms with van der Waals surface area (Å²) in [4.78, 5) is 47.3. The van der Waals surface area contributed by atoms with Gasteiger partial charge in [0.05, 0.1) is 5.92 Å². The lowest BCUT2D eigenvalue weighted by molar-refractivity contribution is -0.195. The van der Waals surface area contributed by atoms with Gasteiger partial charge in [-0.3, -0.25) is 29.3 Å². The number of carbonyl (C=O) groups excluding carboxylic acids is 3. The van der Waals surface area contributed by atoms with E-state index in [1.165, 1.54) is 0 Å². The Morgan fingerprint density at radius 2 is 0.689 bits per heavy atom. The first-order valence-corrected chi connectivity index (χ1v) is 12.6. The van der Waals surface area contributed by atoms with Crippen LogP contribution in [-0.2, 0) is 4.79 Å². The number of rotatable bonds is 4. The number of carbonyl (C=O) groups is 3. The van der Waals surface area contributed by atoms with E-state index in [2.05, 4.69) is 15.0 Å². The molecule has 4 heterocycles. The van der Waals surface area contributed by atoms with Crippen LogP contribution in [0.2, 0.25) is 0 Å². The Balaban J connectivity index is 1.91. The predicted molar refractivity (Wildman–Crippen MR) is 135 cm³/mol. The quantitative estimate of drug-likeness (QED) is 0.143. The molecule has 252 valence electrons. The van der Waals surface area contributed by atoms with Gasteiger partial charge in [-0.15, -0.1) is 0 Å². The summed E-state index contributed by atoms with van der Waals surface area (Å²) in [5, 5.41) is 127. The summed E-state index contributed by atoms with van der Waals surface area (Å²) in [7, 11) is 0. The Kier molecular flexibility index (Phi) is 9.05. The van der Waals surface area contributed by atoms with Gasteiger partial charge in [-0.2, -0.15) is 15.0 Å². The number of hydrogen-bond acceptors (Lipinski definition) is 21. The van der Waals surface area contributed by atoms with Crippen LogP contribution in [0.1, 0.15) is 0 Å². The third-order valence-electron chi connectivity index (χ3n) is 7.39. The predicted octanol–water partition coefficient (Wildman–Crippen LogP) is -10.9. The topological polar surface area (TPSA) is 427 Å². The van der Waals surface area contributed by atoms with E-state index in [0.717, 1.165) is 0 Å². The molecule has 3 saturated heterocycles. The Morgan fingerprint density at radius 1 is 0.444 bits per heavy atom. The molecule has 4 rings (SSSR count). The fraction of sp³-hybridized carbons (Fsp3) is 0.684. The number of piperazine rings is 2. The van der Waals surface area contributed by atoms with Gasteiger partial charge >= 0.3 is 12.1 Å². The maximum absolute atomic E-state index is 11.8. The van der Waals surface area contributed by atoms with Crippen molar-refractivity contribution in [3.63, 3.8) is 0 Å². The minimum atomic E-state index is -2.46. The van der Waals surface area contributed by atoms with Crippen LogP contribution in [0, 0.1) is 5.92 Å². The number of aromatic nitrogens is 3. The Hall–Kier alpha value is -4.06. The molecule has 18 N–H and O–H groups in total. The Bertz CT molecular complexity index is 1100. The summed E-state index contributed by atoms with van der Waals surface area (Å²) >= 11 is 0. The van der Waals surface area contributed by atoms with Crippen LogP contribution in [0.25, 0.3) is 0 Å². The lowest BCUT2D eigenvalue weighted by Crippen LogP contribution is -2.72. The second-order valence-corrected chi connectivity index (χ2v) is 9.99. The number of aliphatic hydroxyl groups is 12. The molecule has 3 fully saturated rings. The van der Waals surface area contributed by atoms with Crippen molar-refractivity contribution in [2.45, 2.75) is 74.5 Å². The number of amides is 5. The standard InChI is InChI=1S/C19H31N11O15/c20-4(33)1-2(31)5(34)28(6(35)3(1)32)17-23-18(29-11(40)7(36)26(15(21)44)8(37)12(29)41)25-19(24-17)30-13(42)9(38)27(16(22)45)10(39)14(30)43/h1-3,5-14,31-32,34-43H,(H2,20,33)(H2,21,44)(H2,22,45). The first kappa shape index (κ1) is 33.8. The third kappa shape index (κ3) is 5.32. The highest BCUT2D eigenvalue weighted by Gasteiger charge is 2.54. The summed E-state index contributed by atoms with van der Waals surface area (Å²) in [5.41, 5.74) is 15.3. The molecule has 5 amide bonds. The fourth-order valence-electron chi connectivity index (χ4n) is 5.09. The van der Waals surface area contributed by atoms with E-state index < -0.39 is 116 Å². The van der Waals surface area contributed by atoms with Crippen LogP contribution in [0.15, 0.2) is 0 Å². The minimum Gasteiger partial charge on any atom is -0.387 e. The zero-order valence-corrected chi connectivity index (χ0v) is 22.4. The van der Waals surface area contributed by atoms with Crippen molar-refractivity contribution < 1.29 is 75.7 Å². The molecule has 0 aliphatic carbocycles. The lowest BCUT2D eigenvalue weighted by atomic mass is 9.88. The molecule has 26 nitrogen and oxygen atoms in total. The summed E-state index contributed by atoms with van der Waals surface area (Å²) in [5.74, 6) is -6.55. The van der Waals surface area contributed by atoms with Gasteiger partial charge in [-0.1, -0.05) is 0 Å². The summed E-state index contributed by atoms with van der Waals surface area (Å²) in [6.45, 7) is 0. The van der Waals surface area contributed by atoms with E-state index in [9.17, 15) is 75.7 Å². The van der Waals surface area contributed by atoms with E-state index in [-0.39, 0.29) is 24.5 Å². The van der Waals surface area contributed by atoms with Gasteiger partial charge < -0.3 is 78.5 Å². The molecule has 1 aromatic rings. The van der Waals surface area contributed by atoms with Crippen molar-refractivity contribution in [2.75, 3.05) is 14.7 Å². The average molecular weight is 654 g/mol. The Morgan fingerprint density at radius 3 is 0.911 bits per heavy atom. The molecule has 45 heavy (non-hydrogen) atoms. The van der Waals surface area contributed by atoms with E-state index in [1.807, 2.05) is 0 Å². The van der Waals surface area contributed by atoms with Gasteiger partial charge in [0, 0.05) is 0 Å². The molecular weight excluding hydrogens is 622 g/mol. The zero-order chi connectivity index (χ0) is 34.0. The maximum Gasteiger partial charge on any atom is 0.319 e. The molecule has 0 saturated carbocycles. The van der Waals surface area contributed by atoms with Gasteiger partial charge in [0.2, 0.25) is 23.8 Å². The number of nitrogens with two attached hydrogens (primary N) is 3. The van der Waals surface area contributed by atoms with Crippen molar-refractivity contribution in [2.24, 2.45) is 23.1 Å². The normalized spacial score (nSPS) is 39.2. The molecule has 0 radical (unpaired) electrons. The van der Waals surface area contributed by atoms with Gasteiger partial charge in [-0.05, 0) is 0 Å². The fourth-order valence-corrected chi connectivity index (χ4v) is 5.09. The van der Waals surface area contributed by atoms with Gasteiger partial charge in [-0.25, -0.2) is 9.59 Å². The largest absolute Gasteiger partial charge is 0.387 e. The average Bonchev–Trinajstić information content (AvgIpc) is 2.94. The van der Waals surface area contributed by atoms with Crippen molar-refractivity contribution in [1.29, 1.82) is 0 Å². The highest BCUT2D eigenvalue weighted by Crippen LogP contribution is 2.35. The second kappa shape index (κ2) is 12.0.